The van der Waals surface area contributed by atoms with E-state index in [4.69, 9.17) is 14.3 Å². The summed E-state index contributed by atoms with van der Waals surface area (Å²) in [6.07, 6.45) is -0.680. The molecule has 0 aliphatic carbocycles. The molecule has 0 bridgehead atoms. The SMILES string of the molecule is CC(O)OCCO[Si](C)(C)C. The number of aliphatic hydroxyl groups excluding tert-OH is 1. The highest BCUT2D eigenvalue weighted by Gasteiger charge is 2.13. The van der Waals surface area contributed by atoms with Crippen molar-refractivity contribution in [2.24, 2.45) is 0 Å². The summed E-state index contributed by atoms with van der Waals surface area (Å²) < 4.78 is 10.4. The Morgan fingerprint density at radius 3 is 2.18 bits per heavy atom. The van der Waals surface area contributed by atoms with Gasteiger partial charge in [0.2, 0.25) is 0 Å². The van der Waals surface area contributed by atoms with Crippen LogP contribution >= 0.6 is 0 Å². The van der Waals surface area contributed by atoms with Crippen LogP contribution in [0.3, 0.4) is 0 Å². The molecule has 1 atom stereocenters. The van der Waals surface area contributed by atoms with E-state index in [0.717, 1.165) is 0 Å². The molecule has 0 aromatic carbocycles. The average Bonchev–Trinajstić information content (AvgIpc) is 1.78. The lowest BCUT2D eigenvalue weighted by Crippen LogP contribution is -2.27. The van der Waals surface area contributed by atoms with Crippen LogP contribution in [-0.2, 0) is 9.16 Å². The molecule has 0 radical (unpaired) electrons. The van der Waals surface area contributed by atoms with Crippen LogP contribution in [0.5, 0.6) is 0 Å². The van der Waals surface area contributed by atoms with Gasteiger partial charge in [-0.1, -0.05) is 0 Å². The summed E-state index contributed by atoms with van der Waals surface area (Å²) in [4.78, 5) is 0. The zero-order chi connectivity index (χ0) is 8.91. The van der Waals surface area contributed by atoms with Gasteiger partial charge >= 0.3 is 0 Å². The normalized spacial score (nSPS) is 15.0. The Morgan fingerprint density at radius 2 is 1.82 bits per heavy atom. The van der Waals surface area contributed by atoms with Crippen molar-refractivity contribution in [3.8, 4) is 0 Å². The summed E-state index contributed by atoms with van der Waals surface area (Å²) in [5.41, 5.74) is 0. The second-order valence-corrected chi connectivity index (χ2v) is 7.94. The van der Waals surface area contributed by atoms with Gasteiger partial charge in [0.25, 0.3) is 0 Å². The lowest BCUT2D eigenvalue weighted by atomic mass is 10.7. The van der Waals surface area contributed by atoms with E-state index in [1.54, 1.807) is 6.92 Å². The highest BCUT2D eigenvalue weighted by molar-refractivity contribution is 6.69. The van der Waals surface area contributed by atoms with E-state index in [1.807, 2.05) is 0 Å². The molecule has 0 heterocycles. The molecule has 11 heavy (non-hydrogen) atoms. The van der Waals surface area contributed by atoms with Crippen LogP contribution in [0, 0.1) is 0 Å². The Hall–Kier alpha value is 0.0969. The molecule has 0 aromatic rings. The van der Waals surface area contributed by atoms with Crippen molar-refractivity contribution in [1.29, 1.82) is 0 Å². The fourth-order valence-electron chi connectivity index (χ4n) is 0.567. The first-order valence-corrected chi connectivity index (χ1v) is 7.26. The molecule has 0 saturated carbocycles. The summed E-state index contributed by atoms with van der Waals surface area (Å²) >= 11 is 0. The second-order valence-electron chi connectivity index (χ2n) is 3.43. The van der Waals surface area contributed by atoms with E-state index < -0.39 is 14.6 Å². The Morgan fingerprint density at radius 1 is 1.27 bits per heavy atom. The van der Waals surface area contributed by atoms with Gasteiger partial charge in [-0.05, 0) is 26.6 Å². The molecule has 3 nitrogen and oxygen atoms in total. The van der Waals surface area contributed by atoms with Crippen LogP contribution in [0.2, 0.25) is 19.6 Å². The number of hydrogen-bond acceptors (Lipinski definition) is 3. The van der Waals surface area contributed by atoms with Crippen molar-refractivity contribution < 1.29 is 14.3 Å². The standard InChI is InChI=1S/C7H18O3Si/c1-7(8)9-5-6-10-11(2,3)4/h7-8H,5-6H2,1-4H3. The minimum Gasteiger partial charge on any atom is -0.415 e. The zero-order valence-electron chi connectivity index (χ0n) is 7.76. The van der Waals surface area contributed by atoms with E-state index in [1.165, 1.54) is 0 Å². The number of ether oxygens (including phenoxy) is 1. The summed E-state index contributed by atoms with van der Waals surface area (Å²) in [5, 5.41) is 8.72. The third-order valence-corrected chi connectivity index (χ3v) is 2.05. The molecule has 68 valence electrons. The molecule has 1 N–H and O–H groups in total. The number of hydrogen-bond donors (Lipinski definition) is 1. The van der Waals surface area contributed by atoms with E-state index in [2.05, 4.69) is 19.6 Å². The van der Waals surface area contributed by atoms with Crippen molar-refractivity contribution in [3.63, 3.8) is 0 Å². The molecule has 0 aliphatic heterocycles. The summed E-state index contributed by atoms with van der Waals surface area (Å²) in [5.74, 6) is 0. The molecule has 0 aromatic heterocycles. The first kappa shape index (κ1) is 11.1. The van der Waals surface area contributed by atoms with Crippen molar-refractivity contribution >= 4 is 8.32 Å². The molecule has 1 unspecified atom stereocenters. The number of aliphatic hydroxyl groups is 1. The molecular formula is C7H18O3Si. The lowest BCUT2D eigenvalue weighted by molar-refractivity contribution is -0.0919. The molecule has 0 saturated heterocycles. The molecule has 0 aliphatic rings. The molecule has 0 rings (SSSR count). The van der Waals surface area contributed by atoms with Gasteiger partial charge in [-0.25, -0.2) is 0 Å². The minimum atomic E-state index is -1.39. The van der Waals surface area contributed by atoms with Gasteiger partial charge in [-0.15, -0.1) is 0 Å². The third kappa shape index (κ3) is 10.1. The lowest BCUT2D eigenvalue weighted by Gasteiger charge is -2.17. The van der Waals surface area contributed by atoms with Gasteiger partial charge in [0.05, 0.1) is 13.2 Å². The quantitative estimate of drug-likeness (QED) is 0.390. The summed E-state index contributed by atoms with van der Waals surface area (Å²) in [7, 11) is -1.39. The summed E-state index contributed by atoms with van der Waals surface area (Å²) in [6, 6.07) is 0. The van der Waals surface area contributed by atoms with Gasteiger partial charge in [-0.3, -0.25) is 0 Å². The Labute approximate surface area is 69.5 Å². The maximum absolute atomic E-state index is 8.72. The van der Waals surface area contributed by atoms with Gasteiger partial charge in [0.1, 0.15) is 0 Å². The van der Waals surface area contributed by atoms with E-state index in [9.17, 15) is 0 Å². The topological polar surface area (TPSA) is 38.7 Å². The third-order valence-electron chi connectivity index (χ3n) is 0.977. The Balaban J connectivity index is 3.15. The first-order chi connectivity index (χ1) is 4.92. The predicted octanol–water partition coefficient (Wildman–Crippen LogP) is 1.19. The predicted molar refractivity (Wildman–Crippen MR) is 46.9 cm³/mol. The molecule has 0 fully saturated rings. The zero-order valence-corrected chi connectivity index (χ0v) is 8.76. The maximum atomic E-state index is 8.72. The van der Waals surface area contributed by atoms with Crippen LogP contribution in [-0.4, -0.2) is 32.9 Å². The first-order valence-electron chi connectivity index (χ1n) is 3.85. The molecule has 0 spiro atoms. The van der Waals surface area contributed by atoms with Crippen LogP contribution in [0.25, 0.3) is 0 Å². The monoisotopic (exact) mass is 178 g/mol. The van der Waals surface area contributed by atoms with E-state index in [-0.39, 0.29) is 0 Å². The van der Waals surface area contributed by atoms with Crippen molar-refractivity contribution in [3.05, 3.63) is 0 Å². The smallest absolute Gasteiger partial charge is 0.183 e. The van der Waals surface area contributed by atoms with Crippen LogP contribution < -0.4 is 0 Å². The van der Waals surface area contributed by atoms with Gasteiger partial charge < -0.3 is 14.3 Å². The van der Waals surface area contributed by atoms with Crippen LogP contribution in [0.4, 0.5) is 0 Å². The molecule has 0 amide bonds. The summed E-state index contributed by atoms with van der Waals surface area (Å²) in [6.45, 7) is 9.01. The largest absolute Gasteiger partial charge is 0.415 e. The average molecular weight is 178 g/mol. The Kier molecular flexibility index (Phi) is 4.91. The highest BCUT2D eigenvalue weighted by Crippen LogP contribution is 2.01. The van der Waals surface area contributed by atoms with E-state index in [0.29, 0.717) is 13.2 Å². The fraction of sp³-hybridized carbons (Fsp3) is 1.00. The maximum Gasteiger partial charge on any atom is 0.183 e. The van der Waals surface area contributed by atoms with Gasteiger partial charge in [0, 0.05) is 0 Å². The minimum absolute atomic E-state index is 0.474. The molecular weight excluding hydrogens is 160 g/mol. The van der Waals surface area contributed by atoms with Crippen LogP contribution in [0.1, 0.15) is 6.92 Å². The highest BCUT2D eigenvalue weighted by atomic mass is 28.4. The van der Waals surface area contributed by atoms with Crippen molar-refractivity contribution in [2.75, 3.05) is 13.2 Å². The van der Waals surface area contributed by atoms with Crippen molar-refractivity contribution in [1.82, 2.24) is 0 Å². The van der Waals surface area contributed by atoms with Gasteiger partial charge in [0.15, 0.2) is 14.6 Å². The number of rotatable bonds is 5. The van der Waals surface area contributed by atoms with Crippen LogP contribution in [0.15, 0.2) is 0 Å². The van der Waals surface area contributed by atoms with Crippen molar-refractivity contribution in [2.45, 2.75) is 32.9 Å². The molecule has 4 heteroatoms. The second kappa shape index (κ2) is 4.87. The Bertz CT molecular complexity index is 98.3. The van der Waals surface area contributed by atoms with Gasteiger partial charge in [-0.2, -0.15) is 0 Å². The fourth-order valence-corrected chi connectivity index (χ4v) is 1.26. The van der Waals surface area contributed by atoms with E-state index >= 15 is 0 Å².